The van der Waals surface area contributed by atoms with Crippen molar-refractivity contribution in [2.45, 2.75) is 36.3 Å². The molecule has 0 bridgehead atoms. The van der Waals surface area contributed by atoms with Gasteiger partial charge in [0.25, 0.3) is 0 Å². The maximum Gasteiger partial charge on any atom is 0.416 e. The molecule has 1 aromatic heterocycles. The predicted octanol–water partition coefficient (Wildman–Crippen LogP) is 5.71. The standard InChI is InChI=1S/C22H20ClF3N4OS/c1-14(20(31)29-11-4-5-12-29)32-21-28-27-19(17-9-2-3-10-18(17)23)30(21)16-8-6-7-15(13-16)22(24,25)26/h2-3,6-10,13-14H,4-5,11-12H2,1H3. The van der Waals surface area contributed by atoms with Crippen LogP contribution in [0.1, 0.15) is 25.3 Å². The molecule has 1 saturated heterocycles. The first-order valence-corrected chi connectivity index (χ1v) is 11.3. The number of likely N-dealkylation sites (tertiary alicyclic amines) is 1. The van der Waals surface area contributed by atoms with Crippen LogP contribution in [0.5, 0.6) is 0 Å². The zero-order valence-corrected chi connectivity index (χ0v) is 18.7. The number of halogens is 4. The van der Waals surface area contributed by atoms with E-state index in [1.54, 1.807) is 42.2 Å². The van der Waals surface area contributed by atoms with E-state index in [0.717, 1.165) is 38.1 Å². The summed E-state index contributed by atoms with van der Waals surface area (Å²) in [6.45, 7) is 3.20. The summed E-state index contributed by atoms with van der Waals surface area (Å²) >= 11 is 7.51. The van der Waals surface area contributed by atoms with Gasteiger partial charge in [-0.1, -0.05) is 41.6 Å². The van der Waals surface area contributed by atoms with Gasteiger partial charge in [0, 0.05) is 18.7 Å². The lowest BCUT2D eigenvalue weighted by atomic mass is 10.1. The Kier molecular flexibility index (Phi) is 6.48. The van der Waals surface area contributed by atoms with Crippen molar-refractivity contribution in [3.8, 4) is 17.1 Å². The topological polar surface area (TPSA) is 51.0 Å². The van der Waals surface area contributed by atoms with Crippen LogP contribution in [0.2, 0.25) is 5.02 Å². The fourth-order valence-electron chi connectivity index (χ4n) is 3.62. The van der Waals surface area contributed by atoms with E-state index in [4.69, 9.17) is 11.6 Å². The molecular formula is C22H20ClF3N4OS. The third-order valence-electron chi connectivity index (χ3n) is 5.23. The molecule has 5 nitrogen and oxygen atoms in total. The number of amides is 1. The summed E-state index contributed by atoms with van der Waals surface area (Å²) in [5, 5.41) is 8.68. The Morgan fingerprint density at radius 1 is 1.09 bits per heavy atom. The largest absolute Gasteiger partial charge is 0.416 e. The predicted molar refractivity (Wildman–Crippen MR) is 118 cm³/mol. The number of rotatable bonds is 5. The molecule has 1 amide bonds. The normalized spacial score (nSPS) is 15.2. The molecule has 3 aromatic rings. The molecule has 1 aliphatic heterocycles. The van der Waals surface area contributed by atoms with Gasteiger partial charge in [-0.05, 0) is 50.1 Å². The minimum atomic E-state index is -4.50. The van der Waals surface area contributed by atoms with Crippen LogP contribution in [-0.2, 0) is 11.0 Å². The fourth-order valence-corrected chi connectivity index (χ4v) is 4.79. The number of hydrogen-bond acceptors (Lipinski definition) is 4. The average Bonchev–Trinajstić information content (AvgIpc) is 3.43. The molecule has 168 valence electrons. The van der Waals surface area contributed by atoms with Crippen LogP contribution in [0.25, 0.3) is 17.1 Å². The van der Waals surface area contributed by atoms with Gasteiger partial charge in [0.1, 0.15) is 0 Å². The Morgan fingerprint density at radius 3 is 2.50 bits per heavy atom. The summed E-state index contributed by atoms with van der Waals surface area (Å²) < 4.78 is 41.6. The second-order valence-electron chi connectivity index (χ2n) is 7.46. The van der Waals surface area contributed by atoms with Gasteiger partial charge in [0.15, 0.2) is 11.0 Å². The monoisotopic (exact) mass is 480 g/mol. The van der Waals surface area contributed by atoms with Gasteiger partial charge in [-0.3, -0.25) is 9.36 Å². The van der Waals surface area contributed by atoms with Gasteiger partial charge < -0.3 is 4.90 Å². The van der Waals surface area contributed by atoms with E-state index in [0.29, 0.717) is 21.6 Å². The van der Waals surface area contributed by atoms with Crippen LogP contribution in [0, 0.1) is 0 Å². The highest BCUT2D eigenvalue weighted by molar-refractivity contribution is 8.00. The van der Waals surface area contributed by atoms with Crippen molar-refractivity contribution < 1.29 is 18.0 Å². The number of alkyl halides is 3. The average molecular weight is 481 g/mol. The van der Waals surface area contributed by atoms with Crippen LogP contribution < -0.4 is 0 Å². The maximum atomic E-state index is 13.4. The Balaban J connectivity index is 1.78. The van der Waals surface area contributed by atoms with E-state index in [1.165, 1.54) is 22.4 Å². The summed E-state index contributed by atoms with van der Waals surface area (Å²) in [6, 6.07) is 11.9. The van der Waals surface area contributed by atoms with E-state index in [1.807, 2.05) is 0 Å². The Hall–Kier alpha value is -2.52. The van der Waals surface area contributed by atoms with E-state index < -0.39 is 17.0 Å². The van der Waals surface area contributed by atoms with Crippen molar-refractivity contribution in [3.63, 3.8) is 0 Å². The highest BCUT2D eigenvalue weighted by atomic mass is 35.5. The van der Waals surface area contributed by atoms with Crippen LogP contribution in [0.4, 0.5) is 13.2 Å². The van der Waals surface area contributed by atoms with Crippen molar-refractivity contribution in [1.29, 1.82) is 0 Å². The Bertz CT molecular complexity index is 1130. The second kappa shape index (κ2) is 9.15. The van der Waals surface area contributed by atoms with Gasteiger partial charge in [0.05, 0.1) is 21.5 Å². The van der Waals surface area contributed by atoms with Gasteiger partial charge in [0.2, 0.25) is 5.91 Å². The van der Waals surface area contributed by atoms with Crippen molar-refractivity contribution in [1.82, 2.24) is 19.7 Å². The smallest absolute Gasteiger partial charge is 0.342 e. The minimum Gasteiger partial charge on any atom is -0.342 e. The lowest BCUT2D eigenvalue weighted by molar-refractivity contribution is -0.137. The summed E-state index contributed by atoms with van der Waals surface area (Å²) in [4.78, 5) is 14.6. The number of carbonyl (C=O) groups is 1. The minimum absolute atomic E-state index is 0.0228. The number of benzene rings is 2. The van der Waals surface area contributed by atoms with Gasteiger partial charge >= 0.3 is 6.18 Å². The zero-order valence-electron chi connectivity index (χ0n) is 17.1. The van der Waals surface area contributed by atoms with Crippen molar-refractivity contribution >= 4 is 29.3 Å². The second-order valence-corrected chi connectivity index (χ2v) is 9.18. The lowest BCUT2D eigenvalue weighted by Crippen LogP contribution is -2.34. The summed E-state index contributed by atoms with van der Waals surface area (Å²) in [5.74, 6) is 0.281. The molecule has 0 spiro atoms. The lowest BCUT2D eigenvalue weighted by Gasteiger charge is -2.20. The van der Waals surface area contributed by atoms with Crippen molar-refractivity contribution in [3.05, 3.63) is 59.1 Å². The SMILES string of the molecule is CC(Sc1nnc(-c2ccccc2Cl)n1-c1cccc(C(F)(F)F)c1)C(=O)N1CCCC1. The molecule has 0 N–H and O–H groups in total. The molecule has 1 atom stereocenters. The highest BCUT2D eigenvalue weighted by Crippen LogP contribution is 2.36. The number of thioether (sulfide) groups is 1. The molecule has 1 unspecified atom stereocenters. The molecule has 0 radical (unpaired) electrons. The molecule has 10 heteroatoms. The Morgan fingerprint density at radius 2 is 1.81 bits per heavy atom. The molecule has 2 heterocycles. The molecule has 2 aromatic carbocycles. The van der Waals surface area contributed by atoms with Crippen molar-refractivity contribution in [2.24, 2.45) is 0 Å². The number of aromatic nitrogens is 3. The first-order chi connectivity index (χ1) is 15.3. The molecule has 4 rings (SSSR count). The maximum absolute atomic E-state index is 13.4. The fraction of sp³-hybridized carbons (Fsp3) is 0.318. The van der Waals surface area contributed by atoms with E-state index in [2.05, 4.69) is 10.2 Å². The third kappa shape index (κ3) is 4.63. The number of carbonyl (C=O) groups excluding carboxylic acids is 1. The quantitative estimate of drug-likeness (QED) is 0.439. The molecule has 32 heavy (non-hydrogen) atoms. The van der Waals surface area contributed by atoms with Crippen LogP contribution in [0.15, 0.2) is 53.7 Å². The zero-order chi connectivity index (χ0) is 22.9. The first kappa shape index (κ1) is 22.7. The van der Waals surface area contributed by atoms with E-state index in [9.17, 15) is 18.0 Å². The molecule has 0 aliphatic carbocycles. The summed E-state index contributed by atoms with van der Waals surface area (Å²) in [5.41, 5.74) is -0.0153. The summed E-state index contributed by atoms with van der Waals surface area (Å²) in [6.07, 6.45) is -2.55. The molecule has 1 fully saturated rings. The highest BCUT2D eigenvalue weighted by Gasteiger charge is 2.32. The molecule has 1 aliphatic rings. The van der Waals surface area contributed by atoms with Gasteiger partial charge in [-0.25, -0.2) is 0 Å². The van der Waals surface area contributed by atoms with Crippen LogP contribution in [0.3, 0.4) is 0 Å². The van der Waals surface area contributed by atoms with E-state index >= 15 is 0 Å². The first-order valence-electron chi connectivity index (χ1n) is 10.1. The van der Waals surface area contributed by atoms with Gasteiger partial charge in [-0.2, -0.15) is 13.2 Å². The number of hydrogen-bond donors (Lipinski definition) is 0. The van der Waals surface area contributed by atoms with Gasteiger partial charge in [-0.15, -0.1) is 10.2 Å². The molecule has 0 saturated carbocycles. The van der Waals surface area contributed by atoms with Crippen LogP contribution in [-0.4, -0.2) is 43.9 Å². The van der Waals surface area contributed by atoms with Crippen LogP contribution >= 0.6 is 23.4 Å². The third-order valence-corrected chi connectivity index (χ3v) is 6.59. The summed E-state index contributed by atoms with van der Waals surface area (Å²) in [7, 11) is 0. The number of nitrogens with zero attached hydrogens (tertiary/aromatic N) is 4. The molecular weight excluding hydrogens is 461 g/mol. The Labute approximate surface area is 192 Å². The van der Waals surface area contributed by atoms with Crippen molar-refractivity contribution in [2.75, 3.05) is 13.1 Å². The van der Waals surface area contributed by atoms with E-state index in [-0.39, 0.29) is 11.6 Å².